The first kappa shape index (κ1) is 15.8. The van der Waals surface area contributed by atoms with E-state index in [1.807, 2.05) is 24.3 Å². The molecule has 0 bridgehead atoms. The van der Waals surface area contributed by atoms with Crippen molar-refractivity contribution in [3.05, 3.63) is 70.8 Å². The molecule has 2 aromatic rings. The average molecular weight is 316 g/mol. The molecule has 1 aliphatic heterocycles. The smallest absolute Gasteiger partial charge is 0.212 e. The van der Waals surface area contributed by atoms with Crippen LogP contribution in [0.3, 0.4) is 0 Å². The third-order valence-electron chi connectivity index (χ3n) is 3.68. The minimum atomic E-state index is 0.725. The molecule has 1 heterocycles. The number of nitrogens with zero attached hydrogens (tertiary/aromatic N) is 2. The van der Waals surface area contributed by atoms with Crippen LogP contribution in [0.25, 0.3) is 0 Å². The molecule has 2 N–H and O–H groups in total. The highest BCUT2D eigenvalue weighted by atomic mass is 15.4. The van der Waals surface area contributed by atoms with Crippen LogP contribution >= 0.6 is 0 Å². The van der Waals surface area contributed by atoms with E-state index in [2.05, 4.69) is 63.9 Å². The molecule has 3 rings (SSSR count). The van der Waals surface area contributed by atoms with Crippen molar-refractivity contribution in [3.63, 3.8) is 0 Å². The number of guanidine groups is 1. The number of rotatable bonds is 3. The third-order valence-corrected chi connectivity index (χ3v) is 3.68. The zero-order valence-corrected chi connectivity index (χ0v) is 13.7. The molecule has 0 radical (unpaired) electrons. The maximum atomic E-state index is 4.21. The van der Waals surface area contributed by atoms with Crippen LogP contribution in [0, 0.1) is 11.8 Å². The minimum absolute atomic E-state index is 0.725. The van der Waals surface area contributed by atoms with E-state index in [0.29, 0.717) is 0 Å². The van der Waals surface area contributed by atoms with E-state index in [-0.39, 0.29) is 0 Å². The number of benzene rings is 2. The summed E-state index contributed by atoms with van der Waals surface area (Å²) < 4.78 is 0. The highest BCUT2D eigenvalue weighted by Gasteiger charge is 2.01. The van der Waals surface area contributed by atoms with Gasteiger partial charge in [-0.15, -0.1) is 0 Å². The Hall–Kier alpha value is -3.06. The maximum absolute atomic E-state index is 4.21. The van der Waals surface area contributed by atoms with Crippen LogP contribution in [0.2, 0.25) is 0 Å². The molecule has 0 saturated carbocycles. The molecule has 0 saturated heterocycles. The van der Waals surface area contributed by atoms with E-state index < -0.39 is 0 Å². The molecule has 4 nitrogen and oxygen atoms in total. The Morgan fingerprint density at radius 2 is 1.75 bits per heavy atom. The molecule has 0 spiro atoms. The van der Waals surface area contributed by atoms with Crippen molar-refractivity contribution in [1.82, 2.24) is 10.7 Å². The summed E-state index contributed by atoms with van der Waals surface area (Å²) in [5.41, 5.74) is 7.25. The van der Waals surface area contributed by atoms with Crippen molar-refractivity contribution < 1.29 is 0 Å². The van der Waals surface area contributed by atoms with Gasteiger partial charge in [-0.3, -0.25) is 0 Å². The van der Waals surface area contributed by atoms with Crippen LogP contribution in [0.1, 0.15) is 29.2 Å². The average Bonchev–Trinajstić information content (AvgIpc) is 3.15. The first-order valence-electron chi connectivity index (χ1n) is 8.12. The third kappa shape index (κ3) is 4.47. The highest BCUT2D eigenvalue weighted by Crippen LogP contribution is 2.05. The van der Waals surface area contributed by atoms with Crippen molar-refractivity contribution in [2.45, 2.75) is 13.3 Å². The Morgan fingerprint density at radius 1 is 1.08 bits per heavy atom. The molecule has 24 heavy (non-hydrogen) atoms. The Kier molecular flexibility index (Phi) is 5.26. The number of hydrazone groups is 1. The van der Waals surface area contributed by atoms with Gasteiger partial charge in [0.15, 0.2) is 0 Å². The number of hydrogen-bond acceptors (Lipinski definition) is 4. The predicted molar refractivity (Wildman–Crippen MR) is 99.3 cm³/mol. The van der Waals surface area contributed by atoms with Crippen molar-refractivity contribution in [2.75, 3.05) is 13.1 Å². The van der Waals surface area contributed by atoms with E-state index in [0.717, 1.165) is 42.2 Å². The van der Waals surface area contributed by atoms with Crippen LogP contribution < -0.4 is 10.7 Å². The summed E-state index contributed by atoms with van der Waals surface area (Å²) in [5, 5.41) is 7.26. The molecule has 1 aliphatic rings. The van der Waals surface area contributed by atoms with E-state index in [4.69, 9.17) is 0 Å². The summed E-state index contributed by atoms with van der Waals surface area (Å²) in [6.45, 7) is 3.82. The largest absolute Gasteiger partial charge is 0.353 e. The standard InChI is InChI=1S/C20H20N4/c1-2-16-3-5-17(6-4-16)7-8-18-9-11-19(12-10-18)15-23-24-20-21-13-14-22-20/h3-6,9-12,15H,2,13-14H2,1H3,(H2,21,22,24)/b23-15+. The first-order chi connectivity index (χ1) is 11.8. The monoisotopic (exact) mass is 316 g/mol. The number of aryl methyl sites for hydroxylation is 1. The van der Waals surface area contributed by atoms with Gasteiger partial charge in [0.1, 0.15) is 0 Å². The summed E-state index contributed by atoms with van der Waals surface area (Å²) in [7, 11) is 0. The summed E-state index contributed by atoms with van der Waals surface area (Å²) >= 11 is 0. The van der Waals surface area contributed by atoms with Crippen LogP contribution in [-0.2, 0) is 6.42 Å². The van der Waals surface area contributed by atoms with E-state index in [1.165, 1.54) is 5.56 Å². The van der Waals surface area contributed by atoms with Gasteiger partial charge in [0.2, 0.25) is 5.96 Å². The van der Waals surface area contributed by atoms with Gasteiger partial charge >= 0.3 is 0 Å². The van der Waals surface area contributed by atoms with E-state index >= 15 is 0 Å². The molecule has 4 heteroatoms. The lowest BCUT2D eigenvalue weighted by Gasteiger charge is -1.99. The highest BCUT2D eigenvalue weighted by molar-refractivity contribution is 5.84. The fourth-order valence-corrected chi connectivity index (χ4v) is 2.26. The Labute approximate surface area is 142 Å². The zero-order valence-electron chi connectivity index (χ0n) is 13.7. The molecule has 0 unspecified atom stereocenters. The van der Waals surface area contributed by atoms with Gasteiger partial charge in [0, 0.05) is 17.7 Å². The Balaban J connectivity index is 1.59. The van der Waals surface area contributed by atoms with Gasteiger partial charge in [-0.05, 0) is 41.8 Å². The fourth-order valence-electron chi connectivity index (χ4n) is 2.26. The Bertz CT molecular complexity index is 790. The molecular formula is C20H20N4. The van der Waals surface area contributed by atoms with Crippen LogP contribution in [-0.4, -0.2) is 25.3 Å². The second-order valence-corrected chi connectivity index (χ2v) is 5.45. The normalized spacial score (nSPS) is 13.1. The summed E-state index contributed by atoms with van der Waals surface area (Å²) in [5.74, 6) is 7.10. The van der Waals surface area contributed by atoms with Crippen molar-refractivity contribution in [1.29, 1.82) is 0 Å². The summed E-state index contributed by atoms with van der Waals surface area (Å²) in [4.78, 5) is 4.21. The van der Waals surface area contributed by atoms with Crippen LogP contribution in [0.5, 0.6) is 0 Å². The molecule has 0 amide bonds. The van der Waals surface area contributed by atoms with Gasteiger partial charge < -0.3 is 5.32 Å². The number of nitrogens with one attached hydrogen (secondary N) is 2. The quantitative estimate of drug-likeness (QED) is 0.519. The van der Waals surface area contributed by atoms with Crippen molar-refractivity contribution in [3.8, 4) is 11.8 Å². The minimum Gasteiger partial charge on any atom is -0.353 e. The fraction of sp³-hybridized carbons (Fsp3) is 0.200. The van der Waals surface area contributed by atoms with Crippen molar-refractivity contribution >= 4 is 12.2 Å². The molecular weight excluding hydrogens is 296 g/mol. The zero-order chi connectivity index (χ0) is 16.6. The lowest BCUT2D eigenvalue weighted by Crippen LogP contribution is -2.30. The number of hydrogen-bond donors (Lipinski definition) is 2. The summed E-state index contributed by atoms with van der Waals surface area (Å²) in [6.07, 6.45) is 2.82. The lowest BCUT2D eigenvalue weighted by atomic mass is 10.1. The molecule has 0 fully saturated rings. The molecule has 0 atom stereocenters. The van der Waals surface area contributed by atoms with E-state index in [1.54, 1.807) is 6.21 Å². The van der Waals surface area contributed by atoms with Gasteiger partial charge in [0.05, 0.1) is 12.8 Å². The molecule has 120 valence electrons. The molecule has 2 aromatic carbocycles. The lowest BCUT2D eigenvalue weighted by molar-refractivity contribution is 0.920. The van der Waals surface area contributed by atoms with Crippen LogP contribution in [0.15, 0.2) is 58.6 Å². The second-order valence-electron chi connectivity index (χ2n) is 5.45. The van der Waals surface area contributed by atoms with Gasteiger partial charge in [0.25, 0.3) is 0 Å². The van der Waals surface area contributed by atoms with E-state index in [9.17, 15) is 0 Å². The predicted octanol–water partition coefficient (Wildman–Crippen LogP) is 2.53. The molecule has 0 aliphatic carbocycles. The Morgan fingerprint density at radius 3 is 2.33 bits per heavy atom. The summed E-state index contributed by atoms with van der Waals surface area (Å²) in [6, 6.07) is 16.4. The first-order valence-corrected chi connectivity index (χ1v) is 8.12. The number of aliphatic imine (C=N–C) groups is 1. The van der Waals surface area contributed by atoms with Gasteiger partial charge in [-0.25, -0.2) is 10.4 Å². The van der Waals surface area contributed by atoms with Crippen molar-refractivity contribution in [2.24, 2.45) is 10.1 Å². The topological polar surface area (TPSA) is 48.8 Å². The SMILES string of the molecule is CCc1ccc(C#Cc2ccc(/C=N/NC3=NCCN3)cc2)cc1. The van der Waals surface area contributed by atoms with Crippen LogP contribution in [0.4, 0.5) is 0 Å². The molecule has 0 aromatic heterocycles. The van der Waals surface area contributed by atoms with Gasteiger partial charge in [-0.2, -0.15) is 5.10 Å². The van der Waals surface area contributed by atoms with Gasteiger partial charge in [-0.1, -0.05) is 43.0 Å². The maximum Gasteiger partial charge on any atom is 0.212 e. The second kappa shape index (κ2) is 7.98.